The van der Waals surface area contributed by atoms with Gasteiger partial charge in [-0.25, -0.2) is 0 Å². The van der Waals surface area contributed by atoms with Crippen molar-refractivity contribution in [2.45, 2.75) is 9.96 Å². The Morgan fingerprint density at radius 3 is 2.26 bits per heavy atom. The van der Waals surface area contributed by atoms with Gasteiger partial charge in [0.2, 0.25) is 9.70 Å². The van der Waals surface area contributed by atoms with E-state index in [4.69, 9.17) is 47.0 Å². The van der Waals surface area contributed by atoms with E-state index in [1.54, 1.807) is 6.08 Å². The number of carbonyl (C=O) groups excluding carboxylic acids is 1. The maximum Gasteiger partial charge on any atom is 0.245 e. The lowest BCUT2D eigenvalue weighted by molar-refractivity contribution is -0.117. The molecule has 0 aliphatic rings. The van der Waals surface area contributed by atoms with Gasteiger partial charge >= 0.3 is 0 Å². The number of carbonyl (C=O) groups is 1. The minimum absolute atomic E-state index is 0.195. The van der Waals surface area contributed by atoms with Crippen molar-refractivity contribution in [2.75, 3.05) is 5.32 Å². The number of benzene rings is 2. The Morgan fingerprint density at radius 1 is 1.04 bits per heavy atom. The van der Waals surface area contributed by atoms with E-state index in [-0.39, 0.29) is 5.11 Å². The van der Waals surface area contributed by atoms with Crippen LogP contribution in [0.5, 0.6) is 0 Å². The van der Waals surface area contributed by atoms with Gasteiger partial charge in [-0.2, -0.15) is 0 Å². The summed E-state index contributed by atoms with van der Waals surface area (Å²) in [6.45, 7) is 0. The fourth-order valence-corrected chi connectivity index (χ4v) is 2.79. The third-order valence-electron chi connectivity index (χ3n) is 3.22. The molecule has 0 bridgehead atoms. The van der Waals surface area contributed by atoms with Crippen LogP contribution in [0.4, 0.5) is 5.69 Å². The monoisotopic (exact) mass is 505 g/mol. The number of hydrogen-bond donors (Lipinski definition) is 3. The molecular formula is C18H15BrCl3N3OS. The largest absolute Gasteiger partial charge is 0.339 e. The van der Waals surface area contributed by atoms with Gasteiger partial charge in [0.1, 0.15) is 6.17 Å². The van der Waals surface area contributed by atoms with Gasteiger partial charge in [-0.1, -0.05) is 81.1 Å². The number of rotatable bonds is 5. The molecule has 0 spiro atoms. The van der Waals surface area contributed by atoms with Crippen LogP contribution in [-0.4, -0.2) is 21.0 Å². The summed E-state index contributed by atoms with van der Waals surface area (Å²) in [6, 6.07) is 16.7. The van der Waals surface area contributed by atoms with Crippen LogP contribution in [0.15, 0.2) is 65.1 Å². The Balaban J connectivity index is 1.98. The van der Waals surface area contributed by atoms with E-state index >= 15 is 0 Å². The van der Waals surface area contributed by atoms with Gasteiger partial charge in [0, 0.05) is 16.2 Å². The third-order valence-corrected chi connectivity index (χ3v) is 4.62. The Kier molecular flexibility index (Phi) is 8.38. The topological polar surface area (TPSA) is 53.2 Å². The molecule has 1 amide bonds. The smallest absolute Gasteiger partial charge is 0.245 e. The molecule has 1 atom stereocenters. The molecule has 0 unspecified atom stereocenters. The quantitative estimate of drug-likeness (QED) is 0.224. The molecule has 2 aromatic rings. The second-order valence-electron chi connectivity index (χ2n) is 5.33. The Hall–Kier alpha value is -1.31. The molecule has 0 saturated heterocycles. The predicted octanol–water partition coefficient (Wildman–Crippen LogP) is 5.26. The van der Waals surface area contributed by atoms with Crippen LogP contribution in [0.3, 0.4) is 0 Å². The number of amides is 1. The number of nitrogens with one attached hydrogen (secondary N) is 3. The van der Waals surface area contributed by atoms with Crippen LogP contribution in [0.2, 0.25) is 0 Å². The molecule has 0 aromatic heterocycles. The van der Waals surface area contributed by atoms with Gasteiger partial charge in [-0.15, -0.1) is 0 Å². The van der Waals surface area contributed by atoms with E-state index in [0.29, 0.717) is 0 Å². The Morgan fingerprint density at radius 2 is 1.67 bits per heavy atom. The Bertz CT molecular complexity index is 811. The molecule has 0 heterocycles. The lowest BCUT2D eigenvalue weighted by Gasteiger charge is -2.27. The highest BCUT2D eigenvalue weighted by molar-refractivity contribution is 9.10. The minimum Gasteiger partial charge on any atom is -0.339 e. The summed E-state index contributed by atoms with van der Waals surface area (Å²) in [5, 5.41) is 8.53. The van der Waals surface area contributed by atoms with Crippen molar-refractivity contribution in [3.05, 3.63) is 70.7 Å². The van der Waals surface area contributed by atoms with Crippen molar-refractivity contribution in [2.24, 2.45) is 0 Å². The zero-order valence-corrected chi connectivity index (χ0v) is 18.4. The van der Waals surface area contributed by atoms with Crippen molar-refractivity contribution in [1.29, 1.82) is 0 Å². The fraction of sp³-hybridized carbons (Fsp3) is 0.111. The zero-order chi connectivity index (χ0) is 19.9. The van der Waals surface area contributed by atoms with E-state index in [9.17, 15) is 4.79 Å². The van der Waals surface area contributed by atoms with Crippen LogP contribution in [0.25, 0.3) is 6.08 Å². The summed E-state index contributed by atoms with van der Waals surface area (Å²) < 4.78 is -0.884. The molecule has 2 rings (SSSR count). The van der Waals surface area contributed by atoms with Crippen LogP contribution >= 0.6 is 63.0 Å². The second kappa shape index (κ2) is 10.3. The number of anilines is 1. The molecule has 0 aliphatic heterocycles. The first kappa shape index (κ1) is 22.0. The van der Waals surface area contributed by atoms with Crippen LogP contribution in [-0.2, 0) is 4.79 Å². The number of alkyl halides is 3. The van der Waals surface area contributed by atoms with Crippen LogP contribution < -0.4 is 16.0 Å². The summed E-state index contributed by atoms with van der Waals surface area (Å²) >= 11 is 26.5. The molecule has 2 aromatic carbocycles. The maximum absolute atomic E-state index is 12.2. The first-order chi connectivity index (χ1) is 12.7. The number of halogens is 4. The molecule has 0 radical (unpaired) electrons. The molecule has 9 heteroatoms. The molecule has 4 nitrogen and oxygen atoms in total. The summed E-state index contributed by atoms with van der Waals surface area (Å²) in [5.41, 5.74) is 1.62. The van der Waals surface area contributed by atoms with E-state index in [1.807, 2.05) is 54.6 Å². The summed E-state index contributed by atoms with van der Waals surface area (Å²) in [7, 11) is 0. The normalized spacial score (nSPS) is 12.4. The van der Waals surface area contributed by atoms with E-state index < -0.39 is 15.9 Å². The maximum atomic E-state index is 12.2. The zero-order valence-electron chi connectivity index (χ0n) is 13.8. The van der Waals surface area contributed by atoms with Crippen LogP contribution in [0.1, 0.15) is 5.56 Å². The minimum atomic E-state index is -1.82. The molecule has 27 heavy (non-hydrogen) atoms. The van der Waals surface area contributed by atoms with E-state index in [1.165, 1.54) is 6.08 Å². The highest BCUT2D eigenvalue weighted by atomic mass is 79.9. The van der Waals surface area contributed by atoms with Gasteiger partial charge in [-0.3, -0.25) is 4.79 Å². The average Bonchev–Trinajstić information content (AvgIpc) is 2.61. The molecule has 0 fully saturated rings. The van der Waals surface area contributed by atoms with Crippen molar-refractivity contribution < 1.29 is 4.79 Å². The third kappa shape index (κ3) is 8.07. The fourth-order valence-electron chi connectivity index (χ4n) is 1.96. The van der Waals surface area contributed by atoms with Gasteiger partial charge < -0.3 is 16.0 Å². The first-order valence-corrected chi connectivity index (χ1v) is 10.0. The highest BCUT2D eigenvalue weighted by Gasteiger charge is 2.34. The van der Waals surface area contributed by atoms with Crippen molar-refractivity contribution in [3.63, 3.8) is 0 Å². The SMILES string of the molecule is O=C(/C=C/c1ccccc1)N[C@H](NC(=S)Nc1ccc(Br)cc1)C(Cl)(Cl)Cl. The lowest BCUT2D eigenvalue weighted by Crippen LogP contribution is -2.55. The van der Waals surface area contributed by atoms with Crippen molar-refractivity contribution in [1.82, 2.24) is 10.6 Å². The van der Waals surface area contributed by atoms with Gasteiger partial charge in [0.05, 0.1) is 0 Å². The van der Waals surface area contributed by atoms with E-state index in [0.717, 1.165) is 15.7 Å². The summed E-state index contributed by atoms with van der Waals surface area (Å²) in [5.74, 6) is -0.436. The number of hydrogen-bond acceptors (Lipinski definition) is 2. The predicted molar refractivity (Wildman–Crippen MR) is 121 cm³/mol. The Labute approximate surface area is 186 Å². The molecule has 142 valence electrons. The molecular weight excluding hydrogens is 493 g/mol. The summed E-state index contributed by atoms with van der Waals surface area (Å²) in [4.78, 5) is 12.2. The molecule has 0 aliphatic carbocycles. The van der Waals surface area contributed by atoms with Crippen molar-refractivity contribution in [3.8, 4) is 0 Å². The van der Waals surface area contributed by atoms with Gasteiger partial charge in [0.15, 0.2) is 5.11 Å². The second-order valence-corrected chi connectivity index (χ2v) is 9.03. The van der Waals surface area contributed by atoms with E-state index in [2.05, 4.69) is 31.9 Å². The first-order valence-electron chi connectivity index (χ1n) is 7.67. The molecule has 3 N–H and O–H groups in total. The van der Waals surface area contributed by atoms with Crippen LogP contribution in [0, 0.1) is 0 Å². The molecule has 0 saturated carbocycles. The van der Waals surface area contributed by atoms with Gasteiger partial charge in [0.25, 0.3) is 0 Å². The highest BCUT2D eigenvalue weighted by Crippen LogP contribution is 2.29. The van der Waals surface area contributed by atoms with Gasteiger partial charge in [-0.05, 0) is 48.1 Å². The standard InChI is InChI=1S/C18H15BrCl3N3OS/c19-13-7-9-14(10-8-13)23-17(27)25-16(18(20,21)22)24-15(26)11-6-12-4-2-1-3-5-12/h1-11,16H,(H,24,26)(H2,23,25,27)/b11-6+/t16-/m1/s1. The van der Waals surface area contributed by atoms with Crippen molar-refractivity contribution >= 4 is 85.7 Å². The average molecular weight is 508 g/mol. The lowest BCUT2D eigenvalue weighted by atomic mass is 10.2. The summed E-state index contributed by atoms with van der Waals surface area (Å²) in [6.07, 6.45) is 1.97. The number of thiocarbonyl (C=S) groups is 1.